The summed E-state index contributed by atoms with van der Waals surface area (Å²) in [5.41, 5.74) is 2.17. The third-order valence-corrected chi connectivity index (χ3v) is 5.24. The molecule has 0 spiro atoms. The van der Waals surface area contributed by atoms with Gasteiger partial charge in [0.2, 0.25) is 5.91 Å². The smallest absolute Gasteiger partial charge is 0.435 e. The molecule has 0 aliphatic rings. The molecule has 0 saturated heterocycles. The maximum Gasteiger partial charge on any atom is 0.435 e. The summed E-state index contributed by atoms with van der Waals surface area (Å²) < 4.78 is 41.2. The van der Waals surface area contributed by atoms with Gasteiger partial charge in [-0.2, -0.15) is 18.3 Å². The standard InChI is InChI=1S/C17H10Br2ClF3N6O3.CH4O.Y/c18-7-4-8(15(30)26-28-32)13(9(19)5-7)25-16(31)11-6-12(17(21,22)23)27-29(11)14-10(20)2-1-3-24-14;1-2;/h1-6H,(H4,25,26,27,28,30,31,32);2H,1H3;/p-1. The number of anilines is 1. The Morgan fingerprint density at radius 3 is 2.40 bits per heavy atom. The van der Waals surface area contributed by atoms with E-state index in [-0.39, 0.29) is 59.3 Å². The maximum atomic E-state index is 13.3. The fourth-order valence-electron chi connectivity index (χ4n) is 2.54. The summed E-state index contributed by atoms with van der Waals surface area (Å²) in [6.45, 7) is 0. The normalized spacial score (nSPS) is 10.5. The summed E-state index contributed by atoms with van der Waals surface area (Å²) in [7, 11) is 1.00. The number of aliphatic hydroxyl groups excluding tert-OH is 1. The number of pyridine rings is 1. The fraction of sp³-hybridized carbons (Fsp3) is 0.111. The number of rotatable bonds is 5. The summed E-state index contributed by atoms with van der Waals surface area (Å²) in [4.78, 5) is 29.1. The molecule has 1 radical (unpaired) electrons. The Hall–Kier alpha value is -1.46. The average molecular weight is 719 g/mol. The van der Waals surface area contributed by atoms with Crippen molar-refractivity contribution in [3.05, 3.63) is 73.0 Å². The molecule has 0 aliphatic heterocycles. The van der Waals surface area contributed by atoms with Crippen LogP contribution < -0.4 is 10.7 Å². The number of carbonyl (C=O) groups excluding carboxylic acids is 2. The van der Waals surface area contributed by atoms with Crippen LogP contribution in [0.3, 0.4) is 0 Å². The molecule has 1 aromatic carbocycles. The van der Waals surface area contributed by atoms with E-state index in [0.717, 1.165) is 7.11 Å². The van der Waals surface area contributed by atoms with E-state index >= 15 is 0 Å². The Bertz CT molecular complexity index is 1220. The molecule has 2 aromatic heterocycles. The van der Waals surface area contributed by atoms with E-state index in [9.17, 15) is 22.8 Å². The summed E-state index contributed by atoms with van der Waals surface area (Å²) in [6.07, 6.45) is -3.59. The number of hydrogen-bond donors (Lipinski definition) is 4. The van der Waals surface area contributed by atoms with Gasteiger partial charge < -0.3 is 26.6 Å². The van der Waals surface area contributed by atoms with Crippen LogP contribution in [0.4, 0.5) is 18.9 Å². The van der Waals surface area contributed by atoms with Crippen LogP contribution in [0.1, 0.15) is 26.5 Å². The Morgan fingerprint density at radius 1 is 1.17 bits per heavy atom. The van der Waals surface area contributed by atoms with Gasteiger partial charge in [0.05, 0.1) is 16.3 Å². The zero-order valence-corrected chi connectivity index (χ0v) is 24.1. The van der Waals surface area contributed by atoms with Crippen molar-refractivity contribution in [3.8, 4) is 5.82 Å². The van der Waals surface area contributed by atoms with Gasteiger partial charge in [-0.15, -0.1) is 0 Å². The number of carbonyl (C=O) groups is 2. The number of alkyl halides is 3. The second-order valence-corrected chi connectivity index (χ2v) is 8.12. The molecule has 17 heteroatoms. The van der Waals surface area contributed by atoms with Crippen LogP contribution in [0.15, 0.2) is 45.5 Å². The predicted molar refractivity (Wildman–Crippen MR) is 122 cm³/mol. The number of hydrogen-bond acceptors (Lipinski definition) is 6. The molecule has 0 bridgehead atoms. The van der Waals surface area contributed by atoms with Crippen LogP contribution in [-0.4, -0.2) is 44.0 Å². The molecule has 10 nitrogen and oxygen atoms in total. The third kappa shape index (κ3) is 7.76. The molecule has 3 rings (SSSR count). The molecule has 2 amide bonds. The molecule has 0 aliphatic carbocycles. The number of benzene rings is 1. The van der Waals surface area contributed by atoms with Crippen molar-refractivity contribution in [2.45, 2.75) is 6.18 Å². The minimum absolute atomic E-state index is 0. The quantitative estimate of drug-likeness (QED) is 0.281. The second kappa shape index (κ2) is 13.7. The minimum Gasteiger partial charge on any atom is -0.483 e. The first-order valence-corrected chi connectivity index (χ1v) is 10.7. The van der Waals surface area contributed by atoms with Crippen LogP contribution in [0.5, 0.6) is 0 Å². The zero-order valence-electron chi connectivity index (χ0n) is 17.3. The Kier molecular flexibility index (Phi) is 12.4. The molecular weight excluding hydrogens is 705 g/mol. The zero-order chi connectivity index (χ0) is 25.6. The molecule has 0 unspecified atom stereocenters. The van der Waals surface area contributed by atoms with E-state index in [1.165, 1.54) is 30.5 Å². The van der Waals surface area contributed by atoms with Crippen molar-refractivity contribution in [3.63, 3.8) is 0 Å². The van der Waals surface area contributed by atoms with Crippen LogP contribution >= 0.6 is 43.5 Å². The number of nitrogens with zero attached hydrogens (tertiary/aromatic N) is 4. The minimum atomic E-state index is -4.85. The fourth-order valence-corrected chi connectivity index (χ4v) is 4.06. The monoisotopic (exact) mass is 716 g/mol. The number of amides is 2. The molecule has 4 N–H and O–H groups in total. The van der Waals surface area contributed by atoms with Gasteiger partial charge in [0.15, 0.2) is 11.5 Å². The SMILES string of the molecule is CO.O=C(N[N-]O)c1cc(Br)cc(Br)c1NC(=O)c1cc(C(F)(F)F)nn1-c1ncccc1Cl.[Y]. The molecule has 185 valence electrons. The molecular formula is C18H13Br2ClF3N6O4Y-. The van der Waals surface area contributed by atoms with Gasteiger partial charge in [-0.3, -0.25) is 9.59 Å². The summed E-state index contributed by atoms with van der Waals surface area (Å²) in [5.74, 6) is -2.16. The summed E-state index contributed by atoms with van der Waals surface area (Å²) in [5, 5.41) is 21.4. The molecule has 0 fully saturated rings. The number of aliphatic hydroxyl groups is 1. The molecule has 2 heterocycles. The van der Waals surface area contributed by atoms with Crippen LogP contribution in [-0.2, 0) is 38.9 Å². The van der Waals surface area contributed by atoms with Crippen LogP contribution in [0, 0.1) is 0 Å². The van der Waals surface area contributed by atoms with Crippen molar-refractivity contribution < 1.29 is 65.8 Å². The van der Waals surface area contributed by atoms with Gasteiger partial charge in [0.25, 0.3) is 5.91 Å². The molecule has 0 saturated carbocycles. The predicted octanol–water partition coefficient (Wildman–Crippen LogP) is 4.73. The second-order valence-electron chi connectivity index (χ2n) is 5.94. The number of aromatic nitrogens is 3. The first-order chi connectivity index (χ1) is 16.0. The van der Waals surface area contributed by atoms with E-state index in [4.69, 9.17) is 21.9 Å². The van der Waals surface area contributed by atoms with Crippen molar-refractivity contribution in [2.24, 2.45) is 0 Å². The van der Waals surface area contributed by atoms with Crippen LogP contribution in [0.2, 0.25) is 5.02 Å². The number of halogens is 6. The van der Waals surface area contributed by atoms with Crippen molar-refractivity contribution >= 4 is 61.0 Å². The van der Waals surface area contributed by atoms with Crippen molar-refractivity contribution in [1.29, 1.82) is 0 Å². The van der Waals surface area contributed by atoms with Crippen molar-refractivity contribution in [1.82, 2.24) is 20.2 Å². The summed E-state index contributed by atoms with van der Waals surface area (Å²) in [6, 6.07) is 6.13. The Morgan fingerprint density at radius 2 is 1.83 bits per heavy atom. The van der Waals surface area contributed by atoms with E-state index < -0.39 is 29.4 Å². The van der Waals surface area contributed by atoms with E-state index in [1.54, 1.807) is 5.43 Å². The van der Waals surface area contributed by atoms with Gasteiger partial charge in [0, 0.05) is 61.0 Å². The first-order valence-electron chi connectivity index (χ1n) is 8.70. The van der Waals surface area contributed by atoms with Gasteiger partial charge in [0.1, 0.15) is 5.69 Å². The molecule has 3 aromatic rings. The summed E-state index contributed by atoms with van der Waals surface area (Å²) >= 11 is 12.4. The van der Waals surface area contributed by atoms with Gasteiger partial charge in [-0.05, 0) is 40.2 Å². The topological polar surface area (TPSA) is 143 Å². The Balaban J connectivity index is 0.00000199. The van der Waals surface area contributed by atoms with E-state index in [2.05, 4.69) is 52.8 Å². The third-order valence-electron chi connectivity index (χ3n) is 3.86. The molecule has 0 atom stereocenters. The van der Waals surface area contributed by atoms with E-state index in [0.29, 0.717) is 15.2 Å². The van der Waals surface area contributed by atoms with Crippen molar-refractivity contribution in [2.75, 3.05) is 12.4 Å². The van der Waals surface area contributed by atoms with Gasteiger partial charge >= 0.3 is 6.18 Å². The largest absolute Gasteiger partial charge is 0.483 e. The van der Waals surface area contributed by atoms with Gasteiger partial charge in [-0.1, -0.05) is 27.5 Å². The maximum absolute atomic E-state index is 13.3. The van der Waals surface area contributed by atoms with Crippen LogP contribution in [0.25, 0.3) is 11.4 Å². The first kappa shape index (κ1) is 31.6. The number of nitrogens with one attached hydrogen (secondary N) is 2. The Labute approximate surface area is 242 Å². The van der Waals surface area contributed by atoms with E-state index in [1.807, 2.05) is 0 Å². The van der Waals surface area contributed by atoms with Gasteiger partial charge in [-0.25, -0.2) is 9.67 Å². The average Bonchev–Trinajstić information content (AvgIpc) is 3.23. The molecule has 35 heavy (non-hydrogen) atoms.